The van der Waals surface area contributed by atoms with E-state index < -0.39 is 63.5 Å². The number of alkyl carbamates (subject to hydrolysis) is 1. The van der Waals surface area contributed by atoms with Crippen LogP contribution in [0.15, 0.2) is 45.8 Å². The lowest BCUT2D eigenvalue weighted by molar-refractivity contribution is -0.128. The Hall–Kier alpha value is -3.72. The number of nitrogens with one attached hydrogen (secondary N) is 1. The number of halogens is 4. The molecule has 4 rings (SSSR count). The minimum Gasteiger partial charge on any atom is -0.444 e. The van der Waals surface area contributed by atoms with Gasteiger partial charge in [-0.05, 0) is 50.6 Å². The molecule has 1 atom stereocenters. The van der Waals surface area contributed by atoms with Crippen molar-refractivity contribution in [1.82, 2.24) is 20.4 Å². The molecule has 0 radical (unpaired) electrons. The first-order valence-electron chi connectivity index (χ1n) is 11.7. The maximum absolute atomic E-state index is 13.7. The standard InChI is InChI=1S/C24H23ClF3N5O6S/c1-23(2,3)38-22(35)30-16-12-40(36,37)17-9-8-15(20-31-18(32-39-20)10-24(26,27)28)29-19(17)33(21(16)34)11-13-4-6-14(25)7-5-13/h4-9,16H,10-12H2,1-3H3,(H,30,35)/t16-/m0/s1. The third-order valence-electron chi connectivity index (χ3n) is 5.37. The summed E-state index contributed by atoms with van der Waals surface area (Å²) in [5, 5.41) is 6.05. The number of ether oxygens (including phenoxy) is 1. The van der Waals surface area contributed by atoms with Crippen LogP contribution in [0, 0.1) is 0 Å². The van der Waals surface area contributed by atoms with Gasteiger partial charge in [0.05, 0.1) is 12.3 Å². The van der Waals surface area contributed by atoms with Crippen LogP contribution in [-0.2, 0) is 32.3 Å². The van der Waals surface area contributed by atoms with Crippen molar-refractivity contribution in [3.8, 4) is 11.6 Å². The summed E-state index contributed by atoms with van der Waals surface area (Å²) < 4.78 is 75.1. The number of hydrogen-bond donors (Lipinski definition) is 1. The molecule has 1 aliphatic rings. The van der Waals surface area contributed by atoms with Crippen molar-refractivity contribution in [3.63, 3.8) is 0 Å². The number of carbonyl (C=O) groups excluding carboxylic acids is 2. The molecule has 1 aromatic carbocycles. The molecule has 0 aliphatic carbocycles. The van der Waals surface area contributed by atoms with Gasteiger partial charge < -0.3 is 14.6 Å². The lowest BCUT2D eigenvalue weighted by Crippen LogP contribution is -2.51. The van der Waals surface area contributed by atoms with E-state index in [1.54, 1.807) is 45.0 Å². The molecule has 0 spiro atoms. The van der Waals surface area contributed by atoms with Crippen LogP contribution in [0.3, 0.4) is 0 Å². The van der Waals surface area contributed by atoms with Crippen LogP contribution in [0.1, 0.15) is 32.2 Å². The number of aromatic nitrogens is 3. The van der Waals surface area contributed by atoms with Gasteiger partial charge in [-0.15, -0.1) is 0 Å². The van der Waals surface area contributed by atoms with Gasteiger partial charge in [0.1, 0.15) is 28.7 Å². The highest BCUT2D eigenvalue weighted by molar-refractivity contribution is 7.91. The van der Waals surface area contributed by atoms with E-state index in [1.807, 2.05) is 0 Å². The van der Waals surface area contributed by atoms with E-state index in [-0.39, 0.29) is 23.0 Å². The van der Waals surface area contributed by atoms with Gasteiger partial charge in [-0.3, -0.25) is 9.69 Å². The molecule has 1 aliphatic heterocycles. The van der Waals surface area contributed by atoms with Crippen molar-refractivity contribution < 1.29 is 40.4 Å². The third-order valence-corrected chi connectivity index (χ3v) is 7.38. The molecular formula is C24H23ClF3N5O6S. The summed E-state index contributed by atoms with van der Waals surface area (Å²) in [6.07, 6.45) is -7.04. The van der Waals surface area contributed by atoms with Gasteiger partial charge in [-0.1, -0.05) is 28.9 Å². The summed E-state index contributed by atoms with van der Waals surface area (Å²) in [5.41, 5.74) is -0.549. The topological polar surface area (TPSA) is 145 Å². The zero-order valence-corrected chi connectivity index (χ0v) is 22.9. The van der Waals surface area contributed by atoms with Crippen molar-refractivity contribution in [1.29, 1.82) is 0 Å². The van der Waals surface area contributed by atoms with E-state index in [9.17, 15) is 31.2 Å². The first-order valence-corrected chi connectivity index (χ1v) is 13.7. The maximum Gasteiger partial charge on any atom is 0.408 e. The van der Waals surface area contributed by atoms with Crippen LogP contribution in [-0.4, -0.2) is 59.1 Å². The number of sulfone groups is 1. The number of fused-ring (bicyclic) bond motifs is 1. The largest absolute Gasteiger partial charge is 0.444 e. The normalized spacial score (nSPS) is 17.2. The zero-order valence-electron chi connectivity index (χ0n) is 21.3. The van der Waals surface area contributed by atoms with E-state index in [2.05, 4.69) is 20.4 Å². The average molecular weight is 602 g/mol. The van der Waals surface area contributed by atoms with Crippen LogP contribution >= 0.6 is 11.6 Å². The first kappa shape index (κ1) is 29.3. The lowest BCUT2D eigenvalue weighted by Gasteiger charge is -2.26. The molecule has 0 bridgehead atoms. The number of nitrogens with zero attached hydrogens (tertiary/aromatic N) is 4. The number of hydrogen-bond acceptors (Lipinski definition) is 9. The zero-order chi connectivity index (χ0) is 29.5. The van der Waals surface area contributed by atoms with Crippen LogP contribution < -0.4 is 10.2 Å². The molecule has 2 amide bonds. The summed E-state index contributed by atoms with van der Waals surface area (Å²) in [6, 6.07) is 7.11. The van der Waals surface area contributed by atoms with Gasteiger partial charge in [0.2, 0.25) is 0 Å². The number of anilines is 1. The highest BCUT2D eigenvalue weighted by Crippen LogP contribution is 2.33. The fourth-order valence-corrected chi connectivity index (χ4v) is 5.43. The van der Waals surface area contributed by atoms with Gasteiger partial charge in [0, 0.05) is 5.02 Å². The molecule has 40 heavy (non-hydrogen) atoms. The van der Waals surface area contributed by atoms with Gasteiger partial charge in [-0.25, -0.2) is 18.2 Å². The minimum absolute atomic E-state index is 0.165. The summed E-state index contributed by atoms with van der Waals surface area (Å²) in [5.74, 6) is -3.02. The lowest BCUT2D eigenvalue weighted by atomic mass is 10.2. The van der Waals surface area contributed by atoms with Gasteiger partial charge in [0.25, 0.3) is 11.8 Å². The Morgan fingerprint density at radius 2 is 1.82 bits per heavy atom. The van der Waals surface area contributed by atoms with Crippen molar-refractivity contribution in [2.75, 3.05) is 10.7 Å². The Bertz CT molecular complexity index is 1540. The van der Waals surface area contributed by atoms with E-state index in [0.717, 1.165) is 11.0 Å². The highest BCUT2D eigenvalue weighted by atomic mass is 35.5. The molecular weight excluding hydrogens is 579 g/mol. The van der Waals surface area contributed by atoms with Crippen LogP contribution in [0.4, 0.5) is 23.8 Å². The Kier molecular flexibility index (Phi) is 7.82. The van der Waals surface area contributed by atoms with Crippen molar-refractivity contribution >= 4 is 39.3 Å². The first-order chi connectivity index (χ1) is 18.5. The second-order valence-corrected chi connectivity index (χ2v) is 12.3. The molecule has 1 N–H and O–H groups in total. The smallest absolute Gasteiger partial charge is 0.408 e. The summed E-state index contributed by atoms with van der Waals surface area (Å²) >= 11 is 5.96. The second-order valence-electron chi connectivity index (χ2n) is 9.86. The van der Waals surface area contributed by atoms with Gasteiger partial charge >= 0.3 is 12.3 Å². The van der Waals surface area contributed by atoms with Gasteiger partial charge in [0.15, 0.2) is 21.5 Å². The summed E-state index contributed by atoms with van der Waals surface area (Å²) in [4.78, 5) is 34.8. The van der Waals surface area contributed by atoms with Crippen LogP contribution in [0.5, 0.6) is 0 Å². The maximum atomic E-state index is 13.7. The predicted octanol–water partition coefficient (Wildman–Crippen LogP) is 4.10. The van der Waals surface area contributed by atoms with Crippen molar-refractivity contribution in [2.24, 2.45) is 0 Å². The average Bonchev–Trinajstić information content (AvgIpc) is 3.25. The van der Waals surface area contributed by atoms with E-state index in [0.29, 0.717) is 10.6 Å². The number of alkyl halides is 3. The summed E-state index contributed by atoms with van der Waals surface area (Å²) in [7, 11) is -4.23. The predicted molar refractivity (Wildman–Crippen MR) is 135 cm³/mol. The molecule has 11 nitrogen and oxygen atoms in total. The Balaban J connectivity index is 1.78. The van der Waals surface area contributed by atoms with Crippen molar-refractivity contribution in [2.45, 2.75) is 56.5 Å². The molecule has 0 saturated carbocycles. The molecule has 16 heteroatoms. The third kappa shape index (κ3) is 7.07. The Morgan fingerprint density at radius 1 is 1.15 bits per heavy atom. The number of carbonyl (C=O) groups is 2. The van der Waals surface area contributed by atoms with E-state index in [1.165, 1.54) is 6.07 Å². The van der Waals surface area contributed by atoms with E-state index in [4.69, 9.17) is 20.9 Å². The Labute approximate surface area is 231 Å². The second kappa shape index (κ2) is 10.7. The fraction of sp³-hybridized carbons (Fsp3) is 0.375. The number of benzene rings is 1. The van der Waals surface area contributed by atoms with Crippen LogP contribution in [0.25, 0.3) is 11.6 Å². The molecule has 2 aromatic heterocycles. The quantitative estimate of drug-likeness (QED) is 0.457. The molecule has 214 valence electrons. The van der Waals surface area contributed by atoms with Crippen LogP contribution in [0.2, 0.25) is 5.02 Å². The van der Waals surface area contributed by atoms with E-state index >= 15 is 0 Å². The molecule has 0 saturated heterocycles. The van der Waals surface area contributed by atoms with Crippen molar-refractivity contribution in [3.05, 3.63) is 52.8 Å². The number of rotatable bonds is 5. The molecule has 3 heterocycles. The molecule has 0 unspecified atom stereocenters. The monoisotopic (exact) mass is 601 g/mol. The highest BCUT2D eigenvalue weighted by Gasteiger charge is 2.41. The molecule has 0 fully saturated rings. The molecule has 3 aromatic rings. The fourth-order valence-electron chi connectivity index (χ4n) is 3.75. The SMILES string of the molecule is CC(C)(C)OC(=O)N[C@H]1CS(=O)(=O)c2ccc(-c3nc(CC(F)(F)F)no3)nc2N(Cc2ccc(Cl)cc2)C1=O. The number of pyridine rings is 1. The van der Waals surface area contributed by atoms with Gasteiger partial charge in [-0.2, -0.15) is 18.2 Å². The minimum atomic E-state index is -4.59. The number of amides is 2. The Morgan fingerprint density at radius 3 is 2.45 bits per heavy atom. The summed E-state index contributed by atoms with van der Waals surface area (Å²) in [6.45, 7) is 4.61.